The van der Waals surface area contributed by atoms with Crippen LogP contribution in [0.15, 0.2) is 70.9 Å². The molecule has 2 rings (SSSR count). The van der Waals surface area contributed by atoms with Gasteiger partial charge in [-0.05, 0) is 68.3 Å². The molecule has 0 heterocycles. The van der Waals surface area contributed by atoms with Crippen molar-refractivity contribution in [3.05, 3.63) is 66.2 Å². The number of esters is 1. The summed E-state index contributed by atoms with van der Waals surface area (Å²) < 4.78 is 10.8. The summed E-state index contributed by atoms with van der Waals surface area (Å²) in [6.45, 7) is 6.32. The average Bonchev–Trinajstić information content (AvgIpc) is 2.77. The van der Waals surface area contributed by atoms with Gasteiger partial charge in [0.15, 0.2) is 0 Å². The van der Waals surface area contributed by atoms with Crippen LogP contribution in [-0.4, -0.2) is 19.2 Å². The van der Waals surface area contributed by atoms with E-state index in [9.17, 15) is 4.79 Å². The Bertz CT molecular complexity index is 881. The van der Waals surface area contributed by atoms with Crippen LogP contribution in [0, 0.1) is 11.3 Å². The summed E-state index contributed by atoms with van der Waals surface area (Å²) in [5.41, 5.74) is 2.47. The Hall–Kier alpha value is -3.46. The first-order chi connectivity index (χ1) is 14.6. The first-order valence-corrected chi connectivity index (χ1v) is 10.1. The van der Waals surface area contributed by atoms with E-state index < -0.39 is 0 Å². The van der Waals surface area contributed by atoms with E-state index in [2.05, 4.69) is 22.9 Å². The fraction of sp³-hybridized carbons (Fsp3) is 0.333. The number of unbranched alkanes of at least 4 members (excludes halogenated alkanes) is 4. The molecule has 0 unspecified atom stereocenters. The highest BCUT2D eigenvalue weighted by Gasteiger charge is 2.02. The Morgan fingerprint density at radius 2 is 1.43 bits per heavy atom. The van der Waals surface area contributed by atoms with Crippen molar-refractivity contribution in [3.8, 4) is 11.8 Å². The van der Waals surface area contributed by atoms with Crippen molar-refractivity contribution < 1.29 is 14.3 Å². The zero-order chi connectivity index (χ0) is 21.6. The highest BCUT2D eigenvalue weighted by Crippen LogP contribution is 2.21. The van der Waals surface area contributed by atoms with E-state index in [0.29, 0.717) is 30.0 Å². The lowest BCUT2D eigenvalue weighted by atomic mass is 10.1. The predicted molar refractivity (Wildman–Crippen MR) is 116 cm³/mol. The first-order valence-electron chi connectivity index (χ1n) is 10.1. The molecule has 6 nitrogen and oxygen atoms in total. The molecule has 0 amide bonds. The van der Waals surface area contributed by atoms with Gasteiger partial charge in [0.1, 0.15) is 5.75 Å². The van der Waals surface area contributed by atoms with E-state index in [-0.39, 0.29) is 5.97 Å². The smallest absolute Gasteiger partial charge is 0.333 e. The number of ether oxygens (including phenoxy) is 2. The van der Waals surface area contributed by atoms with Gasteiger partial charge in [0.2, 0.25) is 0 Å². The van der Waals surface area contributed by atoms with E-state index >= 15 is 0 Å². The SMILES string of the molecule is C=C(C)C(=O)OCCCCCCCOc1ccc(N=Nc2ccc(C#N)cc2)cc1. The van der Waals surface area contributed by atoms with Gasteiger partial charge in [0, 0.05) is 5.57 Å². The van der Waals surface area contributed by atoms with Crippen molar-refractivity contribution in [2.75, 3.05) is 13.2 Å². The molecule has 0 aromatic heterocycles. The summed E-state index contributed by atoms with van der Waals surface area (Å²) in [5, 5.41) is 17.1. The van der Waals surface area contributed by atoms with Crippen LogP contribution in [0.25, 0.3) is 0 Å². The lowest BCUT2D eigenvalue weighted by molar-refractivity contribution is -0.139. The number of nitrogens with zero attached hydrogens (tertiary/aromatic N) is 3. The number of hydrogen-bond acceptors (Lipinski definition) is 6. The summed E-state index contributed by atoms with van der Waals surface area (Å²) in [6.07, 6.45) is 5.04. The third-order valence-corrected chi connectivity index (χ3v) is 4.25. The molecule has 0 aliphatic rings. The maximum atomic E-state index is 11.2. The Morgan fingerprint density at radius 3 is 2.00 bits per heavy atom. The van der Waals surface area contributed by atoms with Gasteiger partial charge >= 0.3 is 5.97 Å². The number of rotatable bonds is 12. The van der Waals surface area contributed by atoms with Gasteiger partial charge in [-0.25, -0.2) is 4.79 Å². The van der Waals surface area contributed by atoms with Crippen LogP contribution in [0.3, 0.4) is 0 Å². The Kier molecular flexibility index (Phi) is 9.81. The van der Waals surface area contributed by atoms with Gasteiger partial charge in [0.25, 0.3) is 0 Å². The van der Waals surface area contributed by atoms with Crippen LogP contribution in [0.2, 0.25) is 0 Å². The van der Waals surface area contributed by atoms with E-state index in [1.807, 2.05) is 24.3 Å². The van der Waals surface area contributed by atoms with Crippen molar-refractivity contribution in [2.24, 2.45) is 10.2 Å². The number of hydrogen-bond donors (Lipinski definition) is 0. The molecule has 0 bridgehead atoms. The third kappa shape index (κ3) is 8.70. The topological polar surface area (TPSA) is 84.0 Å². The molecular formula is C24H27N3O3. The monoisotopic (exact) mass is 405 g/mol. The second kappa shape index (κ2) is 12.9. The van der Waals surface area contributed by atoms with Crippen molar-refractivity contribution in [1.82, 2.24) is 0 Å². The summed E-state index contributed by atoms with van der Waals surface area (Å²) >= 11 is 0. The van der Waals surface area contributed by atoms with Crippen molar-refractivity contribution >= 4 is 17.3 Å². The molecule has 0 radical (unpaired) electrons. The molecule has 0 aliphatic heterocycles. The maximum absolute atomic E-state index is 11.2. The van der Waals surface area contributed by atoms with E-state index in [0.717, 1.165) is 43.5 Å². The van der Waals surface area contributed by atoms with Gasteiger partial charge in [-0.3, -0.25) is 0 Å². The maximum Gasteiger partial charge on any atom is 0.333 e. The van der Waals surface area contributed by atoms with Crippen LogP contribution < -0.4 is 4.74 Å². The standard InChI is InChI=1S/C24H27N3O3/c1-19(2)24(28)30-17-7-5-3-4-6-16-29-23-14-12-22(13-15-23)27-26-21-10-8-20(18-25)9-11-21/h8-15H,1,3-7,16-17H2,2H3. The minimum atomic E-state index is -0.315. The van der Waals surface area contributed by atoms with Crippen LogP contribution in [0.5, 0.6) is 5.75 Å². The highest BCUT2D eigenvalue weighted by molar-refractivity contribution is 5.86. The van der Waals surface area contributed by atoms with Crippen LogP contribution in [0.1, 0.15) is 44.6 Å². The van der Waals surface area contributed by atoms with E-state index in [4.69, 9.17) is 14.7 Å². The molecule has 0 fully saturated rings. The number of benzene rings is 2. The van der Waals surface area contributed by atoms with E-state index in [1.54, 1.807) is 31.2 Å². The third-order valence-electron chi connectivity index (χ3n) is 4.25. The summed E-state index contributed by atoms with van der Waals surface area (Å²) in [7, 11) is 0. The van der Waals surface area contributed by atoms with Crippen molar-refractivity contribution in [2.45, 2.75) is 39.0 Å². The molecule has 30 heavy (non-hydrogen) atoms. The number of carbonyl (C=O) groups is 1. The quantitative estimate of drug-likeness (QED) is 0.176. The number of carbonyl (C=O) groups excluding carboxylic acids is 1. The minimum absolute atomic E-state index is 0.315. The van der Waals surface area contributed by atoms with Crippen LogP contribution >= 0.6 is 0 Å². The zero-order valence-corrected chi connectivity index (χ0v) is 17.3. The van der Waals surface area contributed by atoms with Gasteiger partial charge in [-0.15, -0.1) is 0 Å². The summed E-state index contributed by atoms with van der Waals surface area (Å²) in [4.78, 5) is 11.2. The fourth-order valence-corrected chi connectivity index (χ4v) is 2.54. The molecule has 156 valence electrons. The fourth-order valence-electron chi connectivity index (χ4n) is 2.54. The molecule has 0 aliphatic carbocycles. The Labute approximate surface area is 177 Å². The highest BCUT2D eigenvalue weighted by atomic mass is 16.5. The predicted octanol–water partition coefficient (Wildman–Crippen LogP) is 6.42. The minimum Gasteiger partial charge on any atom is -0.494 e. The van der Waals surface area contributed by atoms with Crippen LogP contribution in [0.4, 0.5) is 11.4 Å². The average molecular weight is 405 g/mol. The molecule has 0 atom stereocenters. The molecular weight excluding hydrogens is 378 g/mol. The molecule has 2 aromatic rings. The lowest BCUT2D eigenvalue weighted by Crippen LogP contribution is -2.06. The van der Waals surface area contributed by atoms with E-state index in [1.165, 1.54) is 0 Å². The van der Waals surface area contributed by atoms with Gasteiger partial charge < -0.3 is 9.47 Å². The van der Waals surface area contributed by atoms with Crippen molar-refractivity contribution in [3.63, 3.8) is 0 Å². The number of nitriles is 1. The summed E-state index contributed by atoms with van der Waals surface area (Å²) in [5.74, 6) is 0.490. The molecule has 0 saturated heterocycles. The van der Waals surface area contributed by atoms with Crippen molar-refractivity contribution in [1.29, 1.82) is 5.26 Å². The van der Waals surface area contributed by atoms with Crippen LogP contribution in [-0.2, 0) is 9.53 Å². The Balaban J connectivity index is 1.58. The second-order valence-electron chi connectivity index (χ2n) is 6.89. The van der Waals surface area contributed by atoms with Gasteiger partial charge in [-0.1, -0.05) is 25.8 Å². The Morgan fingerprint density at radius 1 is 0.900 bits per heavy atom. The largest absolute Gasteiger partial charge is 0.494 e. The zero-order valence-electron chi connectivity index (χ0n) is 17.3. The van der Waals surface area contributed by atoms with Gasteiger partial charge in [-0.2, -0.15) is 15.5 Å². The molecule has 6 heteroatoms. The molecule has 0 spiro atoms. The summed E-state index contributed by atoms with van der Waals surface area (Å²) in [6, 6.07) is 16.5. The van der Waals surface area contributed by atoms with Gasteiger partial charge in [0.05, 0.1) is 36.2 Å². The molecule has 0 N–H and O–H groups in total. The first kappa shape index (κ1) is 22.8. The normalized spacial score (nSPS) is 10.5. The lowest BCUT2D eigenvalue weighted by Gasteiger charge is -2.07. The molecule has 0 saturated carbocycles. The number of azo groups is 1. The molecule has 2 aromatic carbocycles. The second-order valence-corrected chi connectivity index (χ2v) is 6.89.